The molecule has 1 aliphatic rings. The van der Waals surface area contributed by atoms with Gasteiger partial charge in [-0.3, -0.25) is 10.2 Å². The fourth-order valence-corrected chi connectivity index (χ4v) is 5.04. The van der Waals surface area contributed by atoms with Crippen LogP contribution in [0.5, 0.6) is 0 Å². The van der Waals surface area contributed by atoms with Crippen LogP contribution < -0.4 is 11.5 Å². The van der Waals surface area contributed by atoms with Gasteiger partial charge in [-0.1, -0.05) is 43.2 Å². The molecule has 1 aliphatic carbocycles. The first-order chi connectivity index (χ1) is 15.4. The number of amidine groups is 1. The molecule has 2 aromatic carbocycles. The maximum atomic E-state index is 13.2. The number of aromatic nitrogens is 2. The van der Waals surface area contributed by atoms with Gasteiger partial charge < -0.3 is 16.0 Å². The number of alkyl halides is 1. The van der Waals surface area contributed by atoms with E-state index in [1.807, 2.05) is 41.9 Å². The van der Waals surface area contributed by atoms with E-state index < -0.39 is 6.04 Å². The summed E-state index contributed by atoms with van der Waals surface area (Å²) >= 11 is 6.07. The standard InChI is InChI=1S/C25H30ClN5O/c1-31-21-11-10-18(19(12-13-26)23(32)16-4-2-3-5-16)14-20(21)30-25(31)22(27)15-6-8-17(9-7-15)24(28)29/h6-11,14,16,19,22H,2-5,12-13,27H2,1H3,(H3,28,29). The Bertz CT molecular complexity index is 1130. The van der Waals surface area contributed by atoms with Gasteiger partial charge in [0.25, 0.3) is 0 Å². The zero-order valence-corrected chi connectivity index (χ0v) is 19.1. The van der Waals surface area contributed by atoms with E-state index in [0.717, 1.165) is 53.7 Å². The number of carbonyl (C=O) groups excluding carboxylic acids is 1. The maximum absolute atomic E-state index is 13.2. The number of aryl methyl sites for hydroxylation is 1. The number of hydrogen-bond donors (Lipinski definition) is 3. The summed E-state index contributed by atoms with van der Waals surface area (Å²) in [6, 6.07) is 13.0. The maximum Gasteiger partial charge on any atom is 0.143 e. The van der Waals surface area contributed by atoms with Crippen LogP contribution in [0, 0.1) is 11.3 Å². The molecule has 168 valence electrons. The van der Waals surface area contributed by atoms with Gasteiger partial charge >= 0.3 is 0 Å². The quantitative estimate of drug-likeness (QED) is 0.268. The van der Waals surface area contributed by atoms with Gasteiger partial charge in [0.1, 0.15) is 17.4 Å². The molecule has 0 aliphatic heterocycles. The van der Waals surface area contributed by atoms with Crippen molar-refractivity contribution in [3.05, 3.63) is 65.0 Å². The molecule has 32 heavy (non-hydrogen) atoms. The Balaban J connectivity index is 1.66. The molecule has 0 amide bonds. The van der Waals surface area contributed by atoms with Crippen LogP contribution in [0.2, 0.25) is 0 Å². The van der Waals surface area contributed by atoms with Crippen LogP contribution in [-0.2, 0) is 11.8 Å². The van der Waals surface area contributed by atoms with Crippen LogP contribution >= 0.6 is 11.6 Å². The van der Waals surface area contributed by atoms with Gasteiger partial charge in [-0.05, 0) is 42.5 Å². The molecule has 1 saturated carbocycles. The van der Waals surface area contributed by atoms with Crippen LogP contribution in [0.15, 0.2) is 42.5 Å². The number of carbonyl (C=O) groups is 1. The molecule has 3 aromatic rings. The van der Waals surface area contributed by atoms with Crippen LogP contribution in [0.1, 0.15) is 66.6 Å². The lowest BCUT2D eigenvalue weighted by Crippen LogP contribution is -2.20. The van der Waals surface area contributed by atoms with Gasteiger partial charge in [0, 0.05) is 30.3 Å². The van der Waals surface area contributed by atoms with E-state index in [1.54, 1.807) is 12.1 Å². The van der Waals surface area contributed by atoms with Crippen molar-refractivity contribution in [3.8, 4) is 0 Å². The van der Waals surface area contributed by atoms with Gasteiger partial charge in [-0.2, -0.15) is 0 Å². The van der Waals surface area contributed by atoms with Crippen molar-refractivity contribution in [2.45, 2.75) is 44.1 Å². The second-order valence-corrected chi connectivity index (χ2v) is 9.08. The molecule has 1 fully saturated rings. The molecule has 4 rings (SSSR count). The molecular formula is C25H30ClN5O. The largest absolute Gasteiger partial charge is 0.384 e. The number of nitrogens with zero attached hydrogens (tertiary/aromatic N) is 2. The van der Waals surface area contributed by atoms with Crippen molar-refractivity contribution >= 4 is 34.3 Å². The number of halogens is 1. The van der Waals surface area contributed by atoms with E-state index in [2.05, 4.69) is 0 Å². The Kier molecular flexibility index (Phi) is 6.63. The summed E-state index contributed by atoms with van der Waals surface area (Å²) in [5, 5.41) is 7.55. The van der Waals surface area contributed by atoms with E-state index in [9.17, 15) is 4.79 Å². The fourth-order valence-electron chi connectivity index (χ4n) is 4.83. The lowest BCUT2D eigenvalue weighted by Gasteiger charge is -2.19. The SMILES string of the molecule is Cn1c(C(N)c2ccc(C(=N)N)cc2)nc2cc(C(CCCl)C(=O)C3CCCC3)ccc21. The summed E-state index contributed by atoms with van der Waals surface area (Å²) in [5.74, 6) is 1.52. The van der Waals surface area contributed by atoms with Crippen LogP contribution in [0.4, 0.5) is 0 Å². The van der Waals surface area contributed by atoms with Crippen LogP contribution in [0.3, 0.4) is 0 Å². The normalized spacial score (nSPS) is 16.3. The summed E-state index contributed by atoms with van der Waals surface area (Å²) in [5.41, 5.74) is 16.4. The number of nitrogens with two attached hydrogens (primary N) is 2. The first kappa shape index (κ1) is 22.5. The third kappa shape index (κ3) is 4.30. The van der Waals surface area contributed by atoms with Crippen molar-refractivity contribution < 1.29 is 4.79 Å². The highest BCUT2D eigenvalue weighted by Gasteiger charge is 2.30. The van der Waals surface area contributed by atoms with E-state index in [-0.39, 0.29) is 17.7 Å². The minimum Gasteiger partial charge on any atom is -0.384 e. The summed E-state index contributed by atoms with van der Waals surface area (Å²) in [4.78, 5) is 18.0. The molecule has 0 spiro atoms. The number of nitrogens with one attached hydrogen (secondary N) is 1. The third-order valence-electron chi connectivity index (χ3n) is 6.70. The number of Topliss-reactive ketones (excluding diaryl/α,β-unsaturated/α-hetero) is 1. The monoisotopic (exact) mass is 451 g/mol. The van der Waals surface area contributed by atoms with Crippen molar-refractivity contribution in [2.24, 2.45) is 24.4 Å². The summed E-state index contributed by atoms with van der Waals surface area (Å²) in [6.45, 7) is 0. The number of rotatable bonds is 8. The van der Waals surface area contributed by atoms with Crippen LogP contribution in [-0.4, -0.2) is 27.0 Å². The number of imidazole rings is 1. The highest BCUT2D eigenvalue weighted by Crippen LogP contribution is 2.34. The van der Waals surface area contributed by atoms with Gasteiger partial charge in [0.15, 0.2) is 0 Å². The minimum atomic E-state index is -0.421. The van der Waals surface area contributed by atoms with E-state index >= 15 is 0 Å². The van der Waals surface area contributed by atoms with Crippen molar-refractivity contribution in [2.75, 3.05) is 5.88 Å². The van der Waals surface area contributed by atoms with E-state index in [1.165, 1.54) is 0 Å². The van der Waals surface area contributed by atoms with Gasteiger partial charge in [-0.15, -0.1) is 11.6 Å². The average molecular weight is 452 g/mol. The van der Waals surface area contributed by atoms with Gasteiger partial charge in [-0.25, -0.2) is 4.98 Å². The number of benzene rings is 2. The second-order valence-electron chi connectivity index (χ2n) is 8.70. The molecule has 0 radical (unpaired) electrons. The fraction of sp³-hybridized carbons (Fsp3) is 0.400. The van der Waals surface area contributed by atoms with Gasteiger partial charge in [0.05, 0.1) is 17.1 Å². The molecule has 7 heteroatoms. The zero-order chi connectivity index (χ0) is 22.8. The Morgan fingerprint density at radius 2 is 1.84 bits per heavy atom. The Labute approximate surface area is 193 Å². The lowest BCUT2D eigenvalue weighted by atomic mass is 9.84. The smallest absolute Gasteiger partial charge is 0.143 e. The topological polar surface area (TPSA) is 111 Å². The number of fused-ring (bicyclic) bond motifs is 1. The van der Waals surface area contributed by atoms with Crippen molar-refractivity contribution in [3.63, 3.8) is 0 Å². The molecule has 5 N–H and O–H groups in total. The first-order valence-corrected chi connectivity index (χ1v) is 11.7. The predicted molar refractivity (Wildman–Crippen MR) is 129 cm³/mol. The molecule has 0 bridgehead atoms. The highest BCUT2D eigenvalue weighted by molar-refractivity contribution is 6.18. The Morgan fingerprint density at radius 1 is 1.19 bits per heavy atom. The molecular weight excluding hydrogens is 422 g/mol. The Morgan fingerprint density at radius 3 is 2.47 bits per heavy atom. The number of ketones is 1. The van der Waals surface area contributed by atoms with Crippen molar-refractivity contribution in [1.82, 2.24) is 9.55 Å². The van der Waals surface area contributed by atoms with Crippen LogP contribution in [0.25, 0.3) is 11.0 Å². The van der Waals surface area contributed by atoms with E-state index in [4.69, 9.17) is 33.5 Å². The zero-order valence-electron chi connectivity index (χ0n) is 18.4. The average Bonchev–Trinajstić information content (AvgIpc) is 3.45. The molecule has 0 saturated heterocycles. The number of hydrogen-bond acceptors (Lipinski definition) is 4. The minimum absolute atomic E-state index is 0.0269. The first-order valence-electron chi connectivity index (χ1n) is 11.2. The number of nitrogen functional groups attached to an aromatic ring is 1. The summed E-state index contributed by atoms with van der Waals surface area (Å²) in [7, 11) is 1.95. The molecule has 2 atom stereocenters. The lowest BCUT2D eigenvalue weighted by molar-refractivity contribution is -0.124. The molecule has 1 heterocycles. The van der Waals surface area contributed by atoms with Crippen molar-refractivity contribution in [1.29, 1.82) is 5.41 Å². The molecule has 2 unspecified atom stereocenters. The molecule has 6 nitrogen and oxygen atoms in total. The van der Waals surface area contributed by atoms with Gasteiger partial charge in [0.2, 0.25) is 0 Å². The Hall–Kier alpha value is -2.70. The third-order valence-corrected chi connectivity index (χ3v) is 6.92. The van der Waals surface area contributed by atoms with E-state index in [0.29, 0.717) is 23.6 Å². The highest BCUT2D eigenvalue weighted by atomic mass is 35.5. The predicted octanol–water partition coefficient (Wildman–Crippen LogP) is 4.38. The molecule has 1 aromatic heterocycles. The second kappa shape index (κ2) is 9.43. The summed E-state index contributed by atoms with van der Waals surface area (Å²) < 4.78 is 2.00. The summed E-state index contributed by atoms with van der Waals surface area (Å²) in [6.07, 6.45) is 4.90.